The van der Waals surface area contributed by atoms with Crippen LogP contribution in [-0.4, -0.2) is 42.8 Å². The predicted molar refractivity (Wildman–Crippen MR) is 154 cm³/mol. The first-order chi connectivity index (χ1) is 20.5. The van der Waals surface area contributed by atoms with Gasteiger partial charge in [0.15, 0.2) is 23.1 Å². The van der Waals surface area contributed by atoms with Crippen molar-refractivity contribution in [3.05, 3.63) is 89.2 Å². The molecule has 3 aromatic carbocycles. The highest BCUT2D eigenvalue weighted by Gasteiger charge is 2.43. The number of likely N-dealkylation sites (tertiary alicyclic amines) is 1. The Balaban J connectivity index is 1.07. The molecule has 1 amide bonds. The topological polar surface area (TPSA) is 99.5 Å². The molecule has 4 aromatic rings. The van der Waals surface area contributed by atoms with Gasteiger partial charge in [0, 0.05) is 36.8 Å². The summed E-state index contributed by atoms with van der Waals surface area (Å²) >= 11 is 0. The van der Waals surface area contributed by atoms with Crippen LogP contribution in [0.2, 0.25) is 0 Å². The van der Waals surface area contributed by atoms with Crippen LogP contribution in [0, 0.1) is 28.5 Å². The van der Waals surface area contributed by atoms with E-state index in [1.807, 2.05) is 35.2 Å². The molecule has 1 saturated heterocycles. The summed E-state index contributed by atoms with van der Waals surface area (Å²) in [5.41, 5.74) is 1.55. The van der Waals surface area contributed by atoms with Crippen molar-refractivity contribution in [1.82, 2.24) is 9.88 Å². The zero-order chi connectivity index (χ0) is 29.1. The fraction of sp³-hybridized carbons (Fsp3) is 0.312. The third kappa shape index (κ3) is 5.83. The Kier molecular flexibility index (Phi) is 7.85. The van der Waals surface area contributed by atoms with Crippen LogP contribution >= 0.6 is 0 Å². The standard InChI is InChI=1S/C32H30FN3O6/c1-39-30-14-25-27(34-10-9-28(25)42-29-8-7-24(35-38)13-26(29)33)15-31(30)40-19-21-11-22-16-36(17-23(22)12-21)32(37)41-18-20-5-3-2-4-6-20/h2-10,13-15,21-23H,11-12,16-19H2,1H3. The van der Waals surface area contributed by atoms with Crippen molar-refractivity contribution in [2.45, 2.75) is 19.4 Å². The number of carbonyl (C=O) groups excluding carboxylic acids is 1. The second-order valence-corrected chi connectivity index (χ2v) is 10.8. The van der Waals surface area contributed by atoms with E-state index in [9.17, 15) is 14.1 Å². The molecular weight excluding hydrogens is 541 g/mol. The van der Waals surface area contributed by atoms with Crippen molar-refractivity contribution < 1.29 is 28.1 Å². The SMILES string of the molecule is COc1cc2c(Oc3ccc(N=O)cc3F)ccnc2cc1OCC1CC2CN(C(=O)OCc3ccccc3)CC2C1. The summed E-state index contributed by atoms with van der Waals surface area (Å²) in [6.07, 6.45) is 3.27. The first-order valence-corrected chi connectivity index (χ1v) is 13.9. The highest BCUT2D eigenvalue weighted by atomic mass is 19.1. The maximum atomic E-state index is 14.4. The van der Waals surface area contributed by atoms with Gasteiger partial charge in [0.25, 0.3) is 0 Å². The minimum absolute atomic E-state index is 0.0209. The van der Waals surface area contributed by atoms with Crippen molar-refractivity contribution in [2.24, 2.45) is 22.9 Å². The Morgan fingerprint density at radius 2 is 1.76 bits per heavy atom. The van der Waals surface area contributed by atoms with Gasteiger partial charge in [-0.25, -0.2) is 9.18 Å². The zero-order valence-corrected chi connectivity index (χ0v) is 23.1. The zero-order valence-electron chi connectivity index (χ0n) is 23.1. The number of halogens is 1. The Hall–Kier alpha value is -4.73. The number of amides is 1. The van der Waals surface area contributed by atoms with E-state index < -0.39 is 5.82 Å². The van der Waals surface area contributed by atoms with Crippen molar-refractivity contribution in [1.29, 1.82) is 0 Å². The Morgan fingerprint density at radius 3 is 2.48 bits per heavy atom. The van der Waals surface area contributed by atoms with Crippen LogP contribution in [0.4, 0.5) is 14.9 Å². The number of aromatic nitrogens is 1. The fourth-order valence-electron chi connectivity index (χ4n) is 5.97. The molecule has 0 spiro atoms. The number of hydrogen-bond donors (Lipinski definition) is 0. The van der Waals surface area contributed by atoms with E-state index in [1.54, 1.807) is 31.5 Å². The molecule has 42 heavy (non-hydrogen) atoms. The summed E-state index contributed by atoms with van der Waals surface area (Å²) in [5, 5.41) is 3.36. The third-order valence-corrected chi connectivity index (χ3v) is 8.01. The van der Waals surface area contributed by atoms with Gasteiger partial charge in [-0.15, -0.1) is 4.91 Å². The summed E-state index contributed by atoms with van der Waals surface area (Å²) in [4.78, 5) is 29.6. The highest BCUT2D eigenvalue weighted by Crippen LogP contribution is 2.43. The molecular formula is C32H30FN3O6. The molecule has 1 aliphatic heterocycles. The first-order valence-electron chi connectivity index (χ1n) is 13.9. The minimum Gasteiger partial charge on any atom is -0.493 e. The lowest BCUT2D eigenvalue weighted by molar-refractivity contribution is 0.100. The number of benzene rings is 3. The lowest BCUT2D eigenvalue weighted by atomic mass is 10.0. The monoisotopic (exact) mass is 571 g/mol. The largest absolute Gasteiger partial charge is 0.493 e. The molecule has 2 heterocycles. The van der Waals surface area contributed by atoms with Crippen LogP contribution < -0.4 is 14.2 Å². The summed E-state index contributed by atoms with van der Waals surface area (Å²) in [7, 11) is 1.56. The van der Waals surface area contributed by atoms with Crippen molar-refractivity contribution in [2.75, 3.05) is 26.8 Å². The maximum absolute atomic E-state index is 14.4. The number of rotatable bonds is 9. The van der Waals surface area contributed by atoms with Crippen molar-refractivity contribution in [3.8, 4) is 23.0 Å². The van der Waals surface area contributed by atoms with Gasteiger partial charge in [-0.1, -0.05) is 30.3 Å². The second-order valence-electron chi connectivity index (χ2n) is 10.8. The van der Waals surface area contributed by atoms with E-state index in [0.717, 1.165) is 24.5 Å². The number of hydrogen-bond acceptors (Lipinski definition) is 8. The summed E-state index contributed by atoms with van der Waals surface area (Å²) < 4.78 is 37.6. The molecule has 0 bridgehead atoms. The van der Waals surface area contributed by atoms with E-state index in [2.05, 4.69) is 10.2 Å². The summed E-state index contributed by atoms with van der Waals surface area (Å²) in [6, 6.07) is 18.6. The molecule has 2 atom stereocenters. The molecule has 0 radical (unpaired) electrons. The number of nitroso groups, excluding NO2 is 1. The number of ether oxygens (including phenoxy) is 4. The van der Waals surface area contributed by atoms with Crippen LogP contribution in [-0.2, 0) is 11.3 Å². The molecule has 2 unspecified atom stereocenters. The molecule has 2 fully saturated rings. The van der Waals surface area contributed by atoms with Crippen molar-refractivity contribution in [3.63, 3.8) is 0 Å². The van der Waals surface area contributed by atoms with Gasteiger partial charge < -0.3 is 23.8 Å². The molecule has 9 nitrogen and oxygen atoms in total. The Bertz CT molecular complexity index is 1590. The summed E-state index contributed by atoms with van der Waals surface area (Å²) in [5.74, 6) is 1.93. The molecule has 6 rings (SSSR count). The second kappa shape index (κ2) is 12.0. The van der Waals surface area contributed by atoms with E-state index >= 15 is 0 Å². The van der Waals surface area contributed by atoms with E-state index in [0.29, 0.717) is 65.6 Å². The normalized spacial score (nSPS) is 19.4. The quantitative estimate of drug-likeness (QED) is 0.195. The van der Waals surface area contributed by atoms with Gasteiger partial charge in [0.2, 0.25) is 0 Å². The van der Waals surface area contributed by atoms with Gasteiger partial charge in [-0.05, 0) is 65.6 Å². The molecule has 216 valence electrons. The van der Waals surface area contributed by atoms with E-state index in [4.69, 9.17) is 18.9 Å². The van der Waals surface area contributed by atoms with Crippen LogP contribution in [0.25, 0.3) is 10.9 Å². The van der Waals surface area contributed by atoms with E-state index in [-0.39, 0.29) is 24.1 Å². The van der Waals surface area contributed by atoms with Crippen LogP contribution in [0.15, 0.2) is 78.1 Å². The lowest BCUT2D eigenvalue weighted by Crippen LogP contribution is -2.30. The number of nitrogens with zero attached hydrogens (tertiary/aromatic N) is 3. The number of pyridine rings is 1. The average molecular weight is 572 g/mol. The van der Waals surface area contributed by atoms with Crippen molar-refractivity contribution >= 4 is 22.7 Å². The lowest BCUT2D eigenvalue weighted by Gasteiger charge is -2.20. The number of methoxy groups -OCH3 is 1. The van der Waals surface area contributed by atoms with Gasteiger partial charge in [0.1, 0.15) is 18.0 Å². The average Bonchev–Trinajstić information content (AvgIpc) is 3.59. The first kappa shape index (κ1) is 27.4. The predicted octanol–water partition coefficient (Wildman–Crippen LogP) is 7.25. The fourth-order valence-corrected chi connectivity index (χ4v) is 5.97. The highest BCUT2D eigenvalue weighted by molar-refractivity contribution is 5.88. The smallest absolute Gasteiger partial charge is 0.410 e. The minimum atomic E-state index is -0.697. The molecule has 2 aliphatic rings. The van der Waals surface area contributed by atoms with Crippen LogP contribution in [0.5, 0.6) is 23.0 Å². The van der Waals surface area contributed by atoms with Crippen LogP contribution in [0.1, 0.15) is 18.4 Å². The number of carbonyl (C=O) groups is 1. The molecule has 1 saturated carbocycles. The Morgan fingerprint density at radius 1 is 0.976 bits per heavy atom. The van der Waals surface area contributed by atoms with Gasteiger partial charge >= 0.3 is 6.09 Å². The molecule has 0 N–H and O–H groups in total. The summed E-state index contributed by atoms with van der Waals surface area (Å²) in [6.45, 7) is 2.21. The van der Waals surface area contributed by atoms with E-state index in [1.165, 1.54) is 12.1 Å². The molecule has 1 aromatic heterocycles. The van der Waals surface area contributed by atoms with Crippen LogP contribution in [0.3, 0.4) is 0 Å². The third-order valence-electron chi connectivity index (χ3n) is 8.01. The van der Waals surface area contributed by atoms with Gasteiger partial charge in [-0.2, -0.15) is 0 Å². The van der Waals surface area contributed by atoms with Gasteiger partial charge in [0.05, 0.1) is 19.2 Å². The molecule has 1 aliphatic carbocycles. The Labute approximate surface area is 242 Å². The van der Waals surface area contributed by atoms with Gasteiger partial charge in [-0.3, -0.25) is 4.98 Å². The maximum Gasteiger partial charge on any atom is 0.410 e. The molecule has 10 heteroatoms. The number of fused-ring (bicyclic) bond motifs is 2.